The van der Waals surface area contributed by atoms with Crippen LogP contribution < -0.4 is 5.32 Å². The number of aliphatic hydroxyl groups is 5. The van der Waals surface area contributed by atoms with Gasteiger partial charge in [0.25, 0.3) is 0 Å². The van der Waals surface area contributed by atoms with Crippen LogP contribution in [0.3, 0.4) is 0 Å². The maximum Gasteiger partial charge on any atom is 0.220 e. The molecule has 0 aromatic carbocycles. The van der Waals surface area contributed by atoms with E-state index in [1.54, 1.807) is 6.08 Å². The van der Waals surface area contributed by atoms with Gasteiger partial charge in [-0.05, 0) is 19.3 Å². The second kappa shape index (κ2) is 59.1. The molecule has 7 unspecified atom stereocenters. The first-order valence-electron chi connectivity index (χ1n) is 34.9. The van der Waals surface area contributed by atoms with Crippen LogP contribution in [-0.4, -0.2) is 87.5 Å². The van der Waals surface area contributed by atoms with E-state index in [2.05, 4.69) is 19.2 Å². The summed E-state index contributed by atoms with van der Waals surface area (Å²) < 4.78 is 11.3. The Hall–Kier alpha value is -1.07. The summed E-state index contributed by atoms with van der Waals surface area (Å²) in [5, 5.41) is 54.8. The van der Waals surface area contributed by atoms with E-state index < -0.39 is 49.5 Å². The quantitative estimate of drug-likeness (QED) is 0.0261. The highest BCUT2D eigenvalue weighted by molar-refractivity contribution is 5.76. The molecule has 7 atom stereocenters. The lowest BCUT2D eigenvalue weighted by Gasteiger charge is -2.40. The van der Waals surface area contributed by atoms with Crippen molar-refractivity contribution in [1.82, 2.24) is 5.32 Å². The molecule has 0 bridgehead atoms. The molecule has 0 aromatic rings. The minimum absolute atomic E-state index is 0.167. The van der Waals surface area contributed by atoms with Gasteiger partial charge in [0.15, 0.2) is 6.29 Å². The van der Waals surface area contributed by atoms with Crippen LogP contribution in [-0.2, 0) is 14.3 Å². The first-order chi connectivity index (χ1) is 38.3. The normalized spacial score (nSPS) is 18.6. The van der Waals surface area contributed by atoms with Crippen molar-refractivity contribution < 1.29 is 39.8 Å². The van der Waals surface area contributed by atoms with Crippen molar-refractivity contribution in [3.8, 4) is 0 Å². The highest BCUT2D eigenvalue weighted by atomic mass is 16.7. The number of aliphatic hydroxyl groups excluding tert-OH is 5. The van der Waals surface area contributed by atoms with Crippen LogP contribution in [0.15, 0.2) is 12.2 Å². The van der Waals surface area contributed by atoms with Gasteiger partial charge in [0.1, 0.15) is 24.4 Å². The SMILES string of the molecule is CCCCCCCCCCCCCCCCCCCCCCCCCCCCC/C=C/C(O)C(COC1OC(CO)C(O)C(O)C1O)NC(=O)CCCCCCCCCCCCCCCCCCCCCCCCCCCC. The van der Waals surface area contributed by atoms with Crippen LogP contribution in [0.25, 0.3) is 0 Å². The molecule has 1 rings (SSSR count). The number of unbranched alkanes of at least 4 members (excludes halogenated alkanes) is 52. The average molecular weight is 1110 g/mol. The summed E-state index contributed by atoms with van der Waals surface area (Å²) in [7, 11) is 0. The number of nitrogens with one attached hydrogen (secondary N) is 1. The second-order valence-electron chi connectivity index (χ2n) is 24.7. The monoisotopic (exact) mass is 1110 g/mol. The van der Waals surface area contributed by atoms with Crippen LogP contribution in [0.4, 0.5) is 0 Å². The molecular weight excluding hydrogens is 971 g/mol. The van der Waals surface area contributed by atoms with Gasteiger partial charge in [-0.2, -0.15) is 0 Å². The Bertz CT molecular complexity index is 1240. The van der Waals surface area contributed by atoms with E-state index in [1.807, 2.05) is 6.08 Å². The molecule has 9 heteroatoms. The number of ether oxygens (including phenoxy) is 2. The molecule has 0 aliphatic carbocycles. The van der Waals surface area contributed by atoms with E-state index >= 15 is 0 Å². The molecule has 1 amide bonds. The maximum atomic E-state index is 13.1. The van der Waals surface area contributed by atoms with Crippen LogP contribution in [0.5, 0.6) is 0 Å². The number of carbonyl (C=O) groups excluding carboxylic acids is 1. The fraction of sp³-hybridized carbons (Fsp3) is 0.957. The zero-order valence-corrected chi connectivity index (χ0v) is 52.0. The molecule has 1 aliphatic heterocycles. The number of hydrogen-bond donors (Lipinski definition) is 6. The van der Waals surface area contributed by atoms with E-state index in [0.29, 0.717) is 6.42 Å². The summed E-state index contributed by atoms with van der Waals surface area (Å²) in [6.45, 7) is 3.85. The predicted molar refractivity (Wildman–Crippen MR) is 332 cm³/mol. The van der Waals surface area contributed by atoms with Crippen LogP contribution in [0.1, 0.15) is 367 Å². The fourth-order valence-corrected chi connectivity index (χ4v) is 11.6. The average Bonchev–Trinajstić information content (AvgIpc) is 3.45. The minimum Gasteiger partial charge on any atom is -0.394 e. The lowest BCUT2D eigenvalue weighted by molar-refractivity contribution is -0.302. The summed E-state index contributed by atoms with van der Waals surface area (Å²) in [6, 6.07) is -0.802. The lowest BCUT2D eigenvalue weighted by atomic mass is 9.99. The van der Waals surface area contributed by atoms with Crippen molar-refractivity contribution in [3.63, 3.8) is 0 Å². The van der Waals surface area contributed by atoms with E-state index in [-0.39, 0.29) is 12.5 Å². The zero-order valence-electron chi connectivity index (χ0n) is 52.0. The lowest BCUT2D eigenvalue weighted by Crippen LogP contribution is -2.60. The van der Waals surface area contributed by atoms with Gasteiger partial charge in [-0.1, -0.05) is 353 Å². The molecule has 1 heterocycles. The number of allylic oxidation sites excluding steroid dienone is 1. The first-order valence-corrected chi connectivity index (χ1v) is 34.9. The van der Waals surface area contributed by atoms with E-state index in [1.165, 1.54) is 308 Å². The van der Waals surface area contributed by atoms with Crippen molar-refractivity contribution in [2.24, 2.45) is 0 Å². The molecular formula is C69H135NO8. The molecule has 0 radical (unpaired) electrons. The van der Waals surface area contributed by atoms with Crippen LogP contribution in [0, 0.1) is 0 Å². The topological polar surface area (TPSA) is 149 Å². The fourth-order valence-electron chi connectivity index (χ4n) is 11.6. The first kappa shape index (κ1) is 74.9. The number of hydrogen-bond acceptors (Lipinski definition) is 8. The molecule has 78 heavy (non-hydrogen) atoms. The third-order valence-electron chi connectivity index (χ3n) is 17.1. The van der Waals surface area contributed by atoms with Crippen molar-refractivity contribution >= 4 is 5.91 Å². The largest absolute Gasteiger partial charge is 0.394 e. The van der Waals surface area contributed by atoms with E-state index in [0.717, 1.165) is 38.5 Å². The van der Waals surface area contributed by atoms with Crippen molar-refractivity contribution in [2.45, 2.75) is 410 Å². The minimum atomic E-state index is -1.56. The summed E-state index contributed by atoms with van der Waals surface area (Å²) in [5.74, 6) is -0.167. The highest BCUT2D eigenvalue weighted by Gasteiger charge is 2.44. The summed E-state index contributed by atoms with van der Waals surface area (Å²) >= 11 is 0. The Labute approximate surface area is 484 Å². The van der Waals surface area contributed by atoms with Crippen molar-refractivity contribution in [1.29, 1.82) is 0 Å². The number of amides is 1. The van der Waals surface area contributed by atoms with E-state index in [4.69, 9.17) is 9.47 Å². The van der Waals surface area contributed by atoms with Gasteiger partial charge in [0, 0.05) is 6.42 Å². The van der Waals surface area contributed by atoms with E-state index in [9.17, 15) is 30.3 Å². The molecule has 0 spiro atoms. The number of rotatable bonds is 62. The predicted octanol–water partition coefficient (Wildman–Crippen LogP) is 18.7. The molecule has 9 nitrogen and oxygen atoms in total. The molecule has 1 fully saturated rings. The highest BCUT2D eigenvalue weighted by Crippen LogP contribution is 2.24. The Morgan fingerprint density at radius 2 is 0.705 bits per heavy atom. The molecule has 1 aliphatic rings. The van der Waals surface area contributed by atoms with Gasteiger partial charge in [0.2, 0.25) is 5.91 Å². The van der Waals surface area contributed by atoms with Gasteiger partial charge in [-0.3, -0.25) is 4.79 Å². The smallest absolute Gasteiger partial charge is 0.220 e. The molecule has 1 saturated heterocycles. The Morgan fingerprint density at radius 3 is 1.00 bits per heavy atom. The Morgan fingerprint density at radius 1 is 0.423 bits per heavy atom. The second-order valence-corrected chi connectivity index (χ2v) is 24.7. The number of carbonyl (C=O) groups is 1. The van der Waals surface area contributed by atoms with Crippen LogP contribution in [0.2, 0.25) is 0 Å². The molecule has 6 N–H and O–H groups in total. The molecule has 464 valence electrons. The standard InChI is InChI=1S/C69H135NO8/c1-3-5-7-9-11-13-15-17-19-21-23-25-27-29-31-32-33-34-36-38-40-42-44-46-48-50-52-54-56-58-63(72)62(61-77-69-68(76)67(75)66(74)64(60-71)78-69)70-65(73)59-57-55-53-51-49-47-45-43-41-39-37-35-30-28-26-24-22-20-18-16-14-12-10-8-6-4-2/h56,58,62-64,66-69,71-72,74-76H,3-55,57,59-61H2,1-2H3,(H,70,73)/b58-56+. The van der Waals surface area contributed by atoms with Gasteiger partial charge >= 0.3 is 0 Å². The summed E-state index contributed by atoms with van der Waals surface area (Å²) in [6.07, 6.45) is 68.9. The third kappa shape index (κ3) is 47.4. The summed E-state index contributed by atoms with van der Waals surface area (Å²) in [4.78, 5) is 13.1. The molecule has 0 aromatic heterocycles. The van der Waals surface area contributed by atoms with Crippen molar-refractivity contribution in [2.75, 3.05) is 13.2 Å². The van der Waals surface area contributed by atoms with Gasteiger partial charge in [0.05, 0.1) is 25.4 Å². The van der Waals surface area contributed by atoms with Crippen LogP contribution >= 0.6 is 0 Å². The van der Waals surface area contributed by atoms with Gasteiger partial charge in [-0.25, -0.2) is 0 Å². The Kier molecular flexibility index (Phi) is 56.8. The molecule has 0 saturated carbocycles. The maximum absolute atomic E-state index is 13.1. The zero-order chi connectivity index (χ0) is 56.5. The van der Waals surface area contributed by atoms with Gasteiger partial charge in [-0.15, -0.1) is 0 Å². The third-order valence-corrected chi connectivity index (χ3v) is 17.1. The Balaban J connectivity index is 2.12. The summed E-state index contributed by atoms with van der Waals surface area (Å²) in [5.41, 5.74) is 0. The van der Waals surface area contributed by atoms with Crippen molar-refractivity contribution in [3.05, 3.63) is 12.2 Å². The van der Waals surface area contributed by atoms with Gasteiger partial charge < -0.3 is 40.3 Å².